The van der Waals surface area contributed by atoms with Crippen LogP contribution in [0.15, 0.2) is 35.2 Å². The Hall–Kier alpha value is -2.62. The average Bonchev–Trinajstić information content (AvgIpc) is 2.95. The summed E-state index contributed by atoms with van der Waals surface area (Å²) in [5.41, 5.74) is 0.421. The molecule has 6 nitrogen and oxygen atoms in total. The van der Waals surface area contributed by atoms with Gasteiger partial charge in [0.05, 0.1) is 15.8 Å². The Morgan fingerprint density at radius 3 is 2.37 bits per heavy atom. The van der Waals surface area contributed by atoms with Crippen LogP contribution in [0.3, 0.4) is 0 Å². The number of alkyl halides is 3. The minimum atomic E-state index is -4.60. The van der Waals surface area contributed by atoms with Crippen molar-refractivity contribution in [2.24, 2.45) is 0 Å². The van der Waals surface area contributed by atoms with Crippen molar-refractivity contribution < 1.29 is 21.6 Å². The number of halogens is 3. The topological polar surface area (TPSA) is 87.7 Å². The summed E-state index contributed by atoms with van der Waals surface area (Å²) >= 11 is 0. The minimum absolute atomic E-state index is 0.0609. The Labute approximate surface area is 153 Å². The zero-order valence-electron chi connectivity index (χ0n) is 14.7. The smallest absolute Gasteiger partial charge is 0.363 e. The summed E-state index contributed by atoms with van der Waals surface area (Å²) in [5, 5.41) is 10.0. The normalized spacial score (nSPS) is 13.7. The summed E-state index contributed by atoms with van der Waals surface area (Å²) in [6.45, 7) is 3.44. The number of pyridine rings is 1. The van der Waals surface area contributed by atoms with Crippen molar-refractivity contribution in [1.29, 1.82) is 0 Å². The molecule has 2 N–H and O–H groups in total. The highest BCUT2D eigenvalue weighted by molar-refractivity contribution is 7.90. The molecule has 0 aliphatic rings. The molecule has 0 saturated heterocycles. The molecule has 0 bridgehead atoms. The largest absolute Gasteiger partial charge is 0.433 e. The fourth-order valence-electron chi connectivity index (χ4n) is 2.73. The standard InChI is InChI=1S/C17H17F3N4O2S/c1-9(11-4-6-12(7-5-11)27(3,25)26)21-16-15-10(2)23-24-13(15)8-14(22-16)17(18,19)20/h4-9H,1-3H3,(H,21,22)(H,23,24)/t9-/m0/s1. The number of nitrogens with one attached hydrogen (secondary N) is 2. The van der Waals surface area contributed by atoms with Crippen molar-refractivity contribution in [3.8, 4) is 0 Å². The fourth-order valence-corrected chi connectivity index (χ4v) is 3.36. The van der Waals surface area contributed by atoms with Crippen LogP contribution in [0.4, 0.5) is 19.0 Å². The molecule has 0 saturated carbocycles. The molecule has 2 aromatic heterocycles. The second-order valence-electron chi connectivity index (χ2n) is 6.30. The zero-order chi connectivity index (χ0) is 20.0. The molecule has 0 aliphatic heterocycles. The first-order valence-corrected chi connectivity index (χ1v) is 9.85. The van der Waals surface area contributed by atoms with Crippen LogP contribution in [-0.4, -0.2) is 29.9 Å². The lowest BCUT2D eigenvalue weighted by Gasteiger charge is -2.17. The minimum Gasteiger partial charge on any atom is -0.363 e. The number of nitrogens with zero attached hydrogens (tertiary/aromatic N) is 2. The van der Waals surface area contributed by atoms with Gasteiger partial charge >= 0.3 is 6.18 Å². The molecule has 2 heterocycles. The van der Waals surface area contributed by atoms with Crippen LogP contribution in [0.1, 0.15) is 29.9 Å². The van der Waals surface area contributed by atoms with Gasteiger partial charge in [0.2, 0.25) is 0 Å². The van der Waals surface area contributed by atoms with Crippen LogP contribution in [0, 0.1) is 6.92 Å². The number of anilines is 1. The molecule has 0 spiro atoms. The van der Waals surface area contributed by atoms with E-state index in [1.54, 1.807) is 26.0 Å². The summed E-state index contributed by atoms with van der Waals surface area (Å²) in [6, 6.07) is 6.63. The van der Waals surface area contributed by atoms with Crippen molar-refractivity contribution in [1.82, 2.24) is 15.2 Å². The highest BCUT2D eigenvalue weighted by Crippen LogP contribution is 2.34. The van der Waals surface area contributed by atoms with Crippen LogP contribution in [0.5, 0.6) is 0 Å². The van der Waals surface area contributed by atoms with Gasteiger partial charge in [-0.1, -0.05) is 12.1 Å². The molecule has 0 fully saturated rings. The zero-order valence-corrected chi connectivity index (χ0v) is 15.5. The Balaban J connectivity index is 1.99. The molecule has 0 aliphatic carbocycles. The summed E-state index contributed by atoms with van der Waals surface area (Å²) in [7, 11) is -3.32. The van der Waals surface area contributed by atoms with Gasteiger partial charge in [-0.3, -0.25) is 5.10 Å². The van der Waals surface area contributed by atoms with E-state index < -0.39 is 27.7 Å². The van der Waals surface area contributed by atoms with Gasteiger partial charge in [-0.25, -0.2) is 13.4 Å². The quantitative estimate of drug-likeness (QED) is 0.697. The van der Waals surface area contributed by atoms with E-state index in [0.717, 1.165) is 12.3 Å². The molecule has 1 aromatic carbocycles. The maximum Gasteiger partial charge on any atom is 0.433 e. The van der Waals surface area contributed by atoms with Crippen molar-refractivity contribution in [3.05, 3.63) is 47.3 Å². The van der Waals surface area contributed by atoms with Crippen LogP contribution < -0.4 is 5.32 Å². The number of benzene rings is 1. The fraction of sp³-hybridized carbons (Fsp3) is 0.294. The van der Waals surface area contributed by atoms with E-state index in [2.05, 4.69) is 20.5 Å². The van der Waals surface area contributed by atoms with E-state index in [0.29, 0.717) is 16.6 Å². The number of aromatic nitrogens is 3. The maximum atomic E-state index is 13.1. The van der Waals surface area contributed by atoms with Crippen LogP contribution in [-0.2, 0) is 16.0 Å². The van der Waals surface area contributed by atoms with Gasteiger partial charge in [-0.15, -0.1) is 0 Å². The molecule has 144 valence electrons. The van der Waals surface area contributed by atoms with Gasteiger partial charge in [0, 0.05) is 18.0 Å². The molecule has 10 heteroatoms. The SMILES string of the molecule is Cc1[nH]nc2cc(C(F)(F)F)nc(N[C@@H](C)c3ccc(S(C)(=O)=O)cc3)c12. The molecule has 3 rings (SSSR count). The number of aryl methyl sites for hydroxylation is 1. The monoisotopic (exact) mass is 398 g/mol. The molecule has 0 amide bonds. The van der Waals surface area contributed by atoms with E-state index in [-0.39, 0.29) is 16.2 Å². The number of hydrogen-bond acceptors (Lipinski definition) is 5. The van der Waals surface area contributed by atoms with E-state index in [1.807, 2.05) is 0 Å². The third-order valence-corrected chi connectivity index (χ3v) is 5.30. The third kappa shape index (κ3) is 3.90. The lowest BCUT2D eigenvalue weighted by atomic mass is 10.1. The summed E-state index contributed by atoms with van der Waals surface area (Å²) in [6.07, 6.45) is -3.49. The lowest BCUT2D eigenvalue weighted by Crippen LogP contribution is -2.13. The Morgan fingerprint density at radius 2 is 1.81 bits per heavy atom. The van der Waals surface area contributed by atoms with Gasteiger partial charge in [-0.2, -0.15) is 18.3 Å². The molecule has 0 unspecified atom stereocenters. The first-order valence-electron chi connectivity index (χ1n) is 7.96. The number of sulfone groups is 1. The molecular weight excluding hydrogens is 381 g/mol. The highest BCUT2D eigenvalue weighted by Gasteiger charge is 2.34. The van der Waals surface area contributed by atoms with Crippen molar-refractivity contribution >= 4 is 26.6 Å². The Morgan fingerprint density at radius 1 is 1.19 bits per heavy atom. The average molecular weight is 398 g/mol. The number of H-pyrrole nitrogens is 1. The van der Waals surface area contributed by atoms with Crippen LogP contribution in [0.25, 0.3) is 10.9 Å². The first-order chi connectivity index (χ1) is 12.5. The number of fused-ring (bicyclic) bond motifs is 1. The Kier molecular flexibility index (Phi) is 4.62. The van der Waals surface area contributed by atoms with Gasteiger partial charge in [0.15, 0.2) is 9.84 Å². The molecule has 0 radical (unpaired) electrons. The highest BCUT2D eigenvalue weighted by atomic mass is 32.2. The van der Waals surface area contributed by atoms with E-state index in [4.69, 9.17) is 0 Å². The molecule has 1 atom stereocenters. The number of rotatable bonds is 4. The summed E-state index contributed by atoms with van der Waals surface area (Å²) in [4.78, 5) is 3.91. The van der Waals surface area contributed by atoms with Gasteiger partial charge in [0.25, 0.3) is 0 Å². The summed E-state index contributed by atoms with van der Waals surface area (Å²) in [5.74, 6) is 0.0609. The third-order valence-electron chi connectivity index (χ3n) is 4.17. The lowest BCUT2D eigenvalue weighted by molar-refractivity contribution is -0.141. The second-order valence-corrected chi connectivity index (χ2v) is 8.32. The molecule has 3 aromatic rings. The van der Waals surface area contributed by atoms with Gasteiger partial charge < -0.3 is 5.32 Å². The summed E-state index contributed by atoms with van der Waals surface area (Å²) < 4.78 is 62.5. The van der Waals surface area contributed by atoms with Gasteiger partial charge in [0.1, 0.15) is 11.5 Å². The molecular formula is C17H17F3N4O2S. The van der Waals surface area contributed by atoms with Crippen molar-refractivity contribution in [2.75, 3.05) is 11.6 Å². The predicted molar refractivity (Wildman–Crippen MR) is 95.2 cm³/mol. The van der Waals surface area contributed by atoms with Gasteiger partial charge in [-0.05, 0) is 37.6 Å². The predicted octanol–water partition coefficient (Wildman–Crippen LogP) is 3.86. The number of hydrogen-bond donors (Lipinski definition) is 2. The Bertz CT molecular complexity index is 1090. The van der Waals surface area contributed by atoms with E-state index >= 15 is 0 Å². The van der Waals surface area contributed by atoms with Crippen molar-refractivity contribution in [2.45, 2.75) is 31.0 Å². The van der Waals surface area contributed by atoms with Crippen molar-refractivity contribution in [3.63, 3.8) is 0 Å². The second kappa shape index (κ2) is 6.52. The van der Waals surface area contributed by atoms with Crippen LogP contribution >= 0.6 is 0 Å². The number of aromatic amines is 1. The van der Waals surface area contributed by atoms with E-state index in [9.17, 15) is 21.6 Å². The van der Waals surface area contributed by atoms with Crippen LogP contribution in [0.2, 0.25) is 0 Å². The first kappa shape index (κ1) is 19.2. The van der Waals surface area contributed by atoms with E-state index in [1.165, 1.54) is 12.1 Å². The molecule has 27 heavy (non-hydrogen) atoms. The maximum absolute atomic E-state index is 13.1.